The minimum Gasteiger partial charge on any atom is -0.485 e. The highest BCUT2D eigenvalue weighted by atomic mass is 35.5. The standard InChI is InChI=1S/C12H16ClN3O3/c1-12(2,17)9-8-10(15-11(13)14-9)16-3-4-18-5-7(16)6-19-8/h7,17H,3-6H2,1-2H3/t7-/m0/s1. The van der Waals surface area contributed by atoms with E-state index in [-0.39, 0.29) is 11.3 Å². The van der Waals surface area contributed by atoms with Crippen molar-refractivity contribution in [1.82, 2.24) is 9.97 Å². The van der Waals surface area contributed by atoms with Gasteiger partial charge in [0.1, 0.15) is 17.9 Å². The number of ether oxygens (including phenoxy) is 2. The number of aromatic nitrogens is 2. The van der Waals surface area contributed by atoms with Crippen LogP contribution in [0.5, 0.6) is 5.75 Å². The molecule has 0 bridgehead atoms. The Balaban J connectivity index is 2.11. The Morgan fingerprint density at radius 1 is 1.37 bits per heavy atom. The average Bonchev–Trinajstić information content (AvgIpc) is 2.36. The molecule has 1 N–H and O–H groups in total. The normalized spacial score (nSPS) is 22.5. The second-order valence-electron chi connectivity index (χ2n) is 5.29. The fourth-order valence-electron chi connectivity index (χ4n) is 2.41. The number of hydrogen-bond donors (Lipinski definition) is 1. The van der Waals surface area contributed by atoms with Crippen LogP contribution >= 0.6 is 11.6 Å². The maximum Gasteiger partial charge on any atom is 0.224 e. The summed E-state index contributed by atoms with van der Waals surface area (Å²) in [5.74, 6) is 1.17. The lowest BCUT2D eigenvalue weighted by Gasteiger charge is -2.41. The molecule has 2 aliphatic heterocycles. The average molecular weight is 286 g/mol. The van der Waals surface area contributed by atoms with E-state index in [1.165, 1.54) is 0 Å². The summed E-state index contributed by atoms with van der Waals surface area (Å²) in [4.78, 5) is 10.5. The molecule has 0 saturated carbocycles. The first-order valence-electron chi connectivity index (χ1n) is 6.24. The molecule has 2 aliphatic rings. The van der Waals surface area contributed by atoms with Crippen LogP contribution < -0.4 is 9.64 Å². The van der Waals surface area contributed by atoms with Crippen molar-refractivity contribution in [3.63, 3.8) is 0 Å². The predicted molar refractivity (Wildman–Crippen MR) is 69.7 cm³/mol. The molecule has 3 rings (SSSR count). The molecule has 3 heterocycles. The molecule has 1 atom stereocenters. The lowest BCUT2D eigenvalue weighted by atomic mass is 10.0. The van der Waals surface area contributed by atoms with Gasteiger partial charge in [-0.25, -0.2) is 4.98 Å². The van der Waals surface area contributed by atoms with Crippen LogP contribution in [0.1, 0.15) is 19.5 Å². The fraction of sp³-hybridized carbons (Fsp3) is 0.667. The van der Waals surface area contributed by atoms with Crippen LogP contribution in [0.15, 0.2) is 0 Å². The lowest BCUT2D eigenvalue weighted by Crippen LogP contribution is -2.52. The molecule has 1 aromatic rings. The summed E-state index contributed by atoms with van der Waals surface area (Å²) in [6.07, 6.45) is 0. The summed E-state index contributed by atoms with van der Waals surface area (Å²) >= 11 is 5.97. The van der Waals surface area contributed by atoms with E-state index in [4.69, 9.17) is 21.1 Å². The van der Waals surface area contributed by atoms with E-state index in [1.807, 2.05) is 0 Å². The van der Waals surface area contributed by atoms with Gasteiger partial charge in [0.05, 0.1) is 19.3 Å². The highest BCUT2D eigenvalue weighted by molar-refractivity contribution is 6.28. The van der Waals surface area contributed by atoms with E-state index >= 15 is 0 Å². The van der Waals surface area contributed by atoms with Crippen LogP contribution in [-0.4, -0.2) is 47.5 Å². The number of fused-ring (bicyclic) bond motifs is 3. The first-order valence-corrected chi connectivity index (χ1v) is 6.62. The Hall–Kier alpha value is -1.11. The molecule has 104 valence electrons. The van der Waals surface area contributed by atoms with Crippen molar-refractivity contribution in [3.05, 3.63) is 11.0 Å². The second-order valence-corrected chi connectivity index (χ2v) is 5.62. The number of aliphatic hydroxyl groups is 1. The molecule has 1 saturated heterocycles. The maximum atomic E-state index is 10.2. The van der Waals surface area contributed by atoms with Gasteiger partial charge in [-0.3, -0.25) is 0 Å². The Morgan fingerprint density at radius 3 is 2.89 bits per heavy atom. The quantitative estimate of drug-likeness (QED) is 0.775. The van der Waals surface area contributed by atoms with E-state index in [2.05, 4.69) is 14.9 Å². The van der Waals surface area contributed by atoms with Gasteiger partial charge in [-0.15, -0.1) is 0 Å². The van der Waals surface area contributed by atoms with E-state index in [0.29, 0.717) is 37.1 Å². The molecule has 1 aromatic heterocycles. The smallest absolute Gasteiger partial charge is 0.224 e. The van der Waals surface area contributed by atoms with Crippen LogP contribution in [0.3, 0.4) is 0 Å². The third kappa shape index (κ3) is 2.24. The van der Waals surface area contributed by atoms with Crippen LogP contribution in [0.2, 0.25) is 5.28 Å². The molecule has 0 spiro atoms. The van der Waals surface area contributed by atoms with Gasteiger partial charge in [0.15, 0.2) is 11.6 Å². The van der Waals surface area contributed by atoms with Crippen molar-refractivity contribution < 1.29 is 14.6 Å². The summed E-state index contributed by atoms with van der Waals surface area (Å²) in [6.45, 7) is 5.80. The maximum absolute atomic E-state index is 10.2. The summed E-state index contributed by atoms with van der Waals surface area (Å²) in [5.41, 5.74) is -0.706. The molecule has 0 unspecified atom stereocenters. The minimum absolute atomic E-state index is 0.117. The number of morpholine rings is 1. The molecule has 0 radical (unpaired) electrons. The predicted octanol–water partition coefficient (Wildman–Crippen LogP) is 0.955. The Bertz CT molecular complexity index is 504. The van der Waals surface area contributed by atoms with Gasteiger partial charge < -0.3 is 19.5 Å². The van der Waals surface area contributed by atoms with Crippen molar-refractivity contribution in [2.75, 3.05) is 31.3 Å². The lowest BCUT2D eigenvalue weighted by molar-refractivity contribution is 0.0562. The molecule has 0 aromatic carbocycles. The van der Waals surface area contributed by atoms with Crippen LogP contribution in [0.25, 0.3) is 0 Å². The number of anilines is 1. The summed E-state index contributed by atoms with van der Waals surface area (Å²) in [6, 6.07) is 0.141. The van der Waals surface area contributed by atoms with Gasteiger partial charge in [-0.05, 0) is 25.4 Å². The van der Waals surface area contributed by atoms with Gasteiger partial charge in [0.2, 0.25) is 5.28 Å². The van der Waals surface area contributed by atoms with Crippen molar-refractivity contribution >= 4 is 17.4 Å². The van der Waals surface area contributed by atoms with Gasteiger partial charge in [-0.1, -0.05) is 0 Å². The van der Waals surface area contributed by atoms with Crippen molar-refractivity contribution in [2.45, 2.75) is 25.5 Å². The third-order valence-electron chi connectivity index (χ3n) is 3.32. The first kappa shape index (κ1) is 12.9. The minimum atomic E-state index is -1.13. The zero-order valence-electron chi connectivity index (χ0n) is 10.9. The Labute approximate surface area is 116 Å². The highest BCUT2D eigenvalue weighted by Gasteiger charge is 2.37. The molecular formula is C12H16ClN3O3. The van der Waals surface area contributed by atoms with E-state index in [0.717, 1.165) is 6.54 Å². The molecule has 1 fully saturated rings. The SMILES string of the molecule is CC(C)(O)c1nc(Cl)nc2c1OC[C@@H]1COCCN21. The first-order chi connectivity index (χ1) is 8.97. The van der Waals surface area contributed by atoms with Gasteiger partial charge in [0.25, 0.3) is 0 Å². The molecule has 6 nitrogen and oxygen atoms in total. The van der Waals surface area contributed by atoms with Crippen molar-refractivity contribution in [3.8, 4) is 5.75 Å². The van der Waals surface area contributed by atoms with Crippen LogP contribution in [0, 0.1) is 0 Å². The molecule has 19 heavy (non-hydrogen) atoms. The number of rotatable bonds is 1. The number of halogens is 1. The van der Waals surface area contributed by atoms with Crippen LogP contribution in [-0.2, 0) is 10.3 Å². The largest absolute Gasteiger partial charge is 0.485 e. The molecule has 7 heteroatoms. The Morgan fingerprint density at radius 2 is 2.16 bits per heavy atom. The zero-order chi connectivity index (χ0) is 13.6. The van der Waals surface area contributed by atoms with Gasteiger partial charge in [0, 0.05) is 6.54 Å². The summed E-state index contributed by atoms with van der Waals surface area (Å²) in [7, 11) is 0. The molecule has 0 amide bonds. The number of hydrogen-bond acceptors (Lipinski definition) is 6. The molecule has 0 aliphatic carbocycles. The third-order valence-corrected chi connectivity index (χ3v) is 3.49. The summed E-state index contributed by atoms with van der Waals surface area (Å²) in [5, 5.41) is 10.3. The Kier molecular flexibility index (Phi) is 3.03. The zero-order valence-corrected chi connectivity index (χ0v) is 11.6. The number of nitrogens with zero attached hydrogens (tertiary/aromatic N) is 3. The van der Waals surface area contributed by atoms with Crippen LogP contribution in [0.4, 0.5) is 5.82 Å². The van der Waals surface area contributed by atoms with Crippen molar-refractivity contribution in [1.29, 1.82) is 0 Å². The topological polar surface area (TPSA) is 67.7 Å². The highest BCUT2D eigenvalue weighted by Crippen LogP contribution is 2.40. The van der Waals surface area contributed by atoms with Crippen molar-refractivity contribution in [2.24, 2.45) is 0 Å². The van der Waals surface area contributed by atoms with E-state index < -0.39 is 5.60 Å². The van der Waals surface area contributed by atoms with Gasteiger partial charge >= 0.3 is 0 Å². The molecular weight excluding hydrogens is 270 g/mol. The second kappa shape index (κ2) is 4.47. The van der Waals surface area contributed by atoms with Gasteiger partial charge in [-0.2, -0.15) is 4.98 Å². The summed E-state index contributed by atoms with van der Waals surface area (Å²) < 4.78 is 11.2. The fourth-order valence-corrected chi connectivity index (χ4v) is 2.57. The van der Waals surface area contributed by atoms with E-state index in [1.54, 1.807) is 13.8 Å². The monoisotopic (exact) mass is 285 g/mol. The van der Waals surface area contributed by atoms with E-state index in [9.17, 15) is 5.11 Å².